The molecule has 1 aromatic heterocycles. The van der Waals surface area contributed by atoms with Crippen molar-refractivity contribution in [1.29, 1.82) is 0 Å². The van der Waals surface area contributed by atoms with Crippen LogP contribution in [0.5, 0.6) is 0 Å². The van der Waals surface area contributed by atoms with E-state index in [0.29, 0.717) is 42.3 Å². The number of piperazine rings is 1. The van der Waals surface area contributed by atoms with Crippen LogP contribution in [0.3, 0.4) is 0 Å². The van der Waals surface area contributed by atoms with Gasteiger partial charge in [0.15, 0.2) is 0 Å². The second kappa shape index (κ2) is 7.64. The van der Waals surface area contributed by atoms with Gasteiger partial charge in [0.25, 0.3) is 0 Å². The van der Waals surface area contributed by atoms with E-state index in [1.807, 2.05) is 6.07 Å². The molecule has 1 saturated heterocycles. The average molecular weight is 420 g/mol. The normalized spacial score (nSPS) is 19.8. The van der Waals surface area contributed by atoms with Crippen molar-refractivity contribution in [1.82, 2.24) is 9.29 Å². The smallest absolute Gasteiger partial charge is 0.414 e. The van der Waals surface area contributed by atoms with E-state index in [1.54, 1.807) is 37.5 Å². The van der Waals surface area contributed by atoms with Crippen LogP contribution in [0.1, 0.15) is 16.6 Å². The van der Waals surface area contributed by atoms with Gasteiger partial charge in [-0.2, -0.15) is 4.31 Å². The predicted octanol–water partition coefficient (Wildman–Crippen LogP) is 2.31. The monoisotopic (exact) mass is 419 g/mol. The number of carbonyl (C=O) groups excluding carboxylic acids is 1. The molecule has 3 heterocycles. The van der Waals surface area contributed by atoms with E-state index < -0.39 is 23.1 Å². The second-order valence-corrected chi connectivity index (χ2v) is 9.21. The van der Waals surface area contributed by atoms with Gasteiger partial charge in [-0.1, -0.05) is 6.07 Å². The van der Waals surface area contributed by atoms with Crippen LogP contribution < -0.4 is 9.80 Å². The molecule has 4 rings (SSSR count). The fourth-order valence-electron chi connectivity index (χ4n) is 3.57. The Morgan fingerprint density at radius 1 is 1.14 bits per heavy atom. The molecule has 9 heteroatoms. The van der Waals surface area contributed by atoms with Gasteiger partial charge in [-0.15, -0.1) is 0 Å². The highest BCUT2D eigenvalue weighted by Crippen LogP contribution is 2.32. The van der Waals surface area contributed by atoms with Crippen LogP contribution in [0.25, 0.3) is 11.1 Å². The van der Waals surface area contributed by atoms with Crippen molar-refractivity contribution in [3.05, 3.63) is 42.2 Å². The van der Waals surface area contributed by atoms with Gasteiger partial charge in [-0.25, -0.2) is 13.2 Å². The molecule has 0 spiro atoms. The Balaban J connectivity index is 1.57. The van der Waals surface area contributed by atoms with Crippen molar-refractivity contribution in [2.24, 2.45) is 0 Å². The zero-order valence-electron chi connectivity index (χ0n) is 19.0. The number of fused-ring (bicyclic) bond motifs is 1. The third-order valence-corrected chi connectivity index (χ3v) is 7.15. The maximum Gasteiger partial charge on any atom is 0.414 e. The van der Waals surface area contributed by atoms with Crippen LogP contribution in [-0.4, -0.2) is 62.7 Å². The molecule has 0 radical (unpaired) electrons. The van der Waals surface area contributed by atoms with E-state index in [9.17, 15) is 13.2 Å². The number of rotatable bonds is 4. The Hall–Kier alpha value is -2.65. The predicted molar refractivity (Wildman–Crippen MR) is 112 cm³/mol. The van der Waals surface area contributed by atoms with Crippen molar-refractivity contribution >= 4 is 27.5 Å². The number of cyclic esters (lactones) is 1. The highest BCUT2D eigenvalue weighted by Gasteiger charge is 2.26. The molecule has 1 fully saturated rings. The molecular formula is C20H24N4O4S. The van der Waals surface area contributed by atoms with Gasteiger partial charge in [0.05, 0.1) is 23.3 Å². The maximum atomic E-state index is 12.1. The standard InChI is InChI=1S/C20H24N4O4S/c1-3-29(26,27)24-8-6-23(7-9-24)18-11-16(12-21-13-18)15-4-5-19-17(10-15)14-28-20(25)22(19)2/h4-5,10-13H,3,6-9,14H2,1-2H3/i2D3. The lowest BCUT2D eigenvalue weighted by molar-refractivity contribution is 0.143. The number of amides is 1. The summed E-state index contributed by atoms with van der Waals surface area (Å²) in [5.41, 5.74) is 3.42. The van der Waals surface area contributed by atoms with Gasteiger partial charge in [0, 0.05) is 54.6 Å². The molecule has 0 N–H and O–H groups in total. The third kappa shape index (κ3) is 3.79. The summed E-state index contributed by atoms with van der Waals surface area (Å²) in [6.45, 7) is 0.991. The molecule has 0 bridgehead atoms. The quantitative estimate of drug-likeness (QED) is 0.756. The fourth-order valence-corrected chi connectivity index (χ4v) is 4.65. The minimum absolute atomic E-state index is 0.00440. The van der Waals surface area contributed by atoms with Crippen LogP contribution in [0.15, 0.2) is 36.7 Å². The summed E-state index contributed by atoms with van der Waals surface area (Å²) in [4.78, 5) is 19.1. The van der Waals surface area contributed by atoms with E-state index in [-0.39, 0.29) is 12.4 Å². The Kier molecular flexibility index (Phi) is 4.26. The minimum Gasteiger partial charge on any atom is -0.444 e. The Bertz CT molecular complexity index is 1130. The van der Waals surface area contributed by atoms with E-state index in [2.05, 4.69) is 9.88 Å². The first kappa shape index (κ1) is 16.2. The Morgan fingerprint density at radius 2 is 1.93 bits per heavy atom. The van der Waals surface area contributed by atoms with Gasteiger partial charge in [0.1, 0.15) is 6.61 Å². The van der Waals surface area contributed by atoms with Gasteiger partial charge < -0.3 is 9.64 Å². The zero-order valence-corrected chi connectivity index (χ0v) is 16.9. The molecule has 2 aliphatic heterocycles. The molecule has 29 heavy (non-hydrogen) atoms. The maximum absolute atomic E-state index is 12.1. The van der Waals surface area contributed by atoms with E-state index in [1.165, 1.54) is 4.31 Å². The van der Waals surface area contributed by atoms with E-state index in [4.69, 9.17) is 8.85 Å². The third-order valence-electron chi connectivity index (χ3n) is 5.27. The van der Waals surface area contributed by atoms with Gasteiger partial charge >= 0.3 is 6.09 Å². The summed E-state index contributed by atoms with van der Waals surface area (Å²) in [5, 5.41) is 0. The average Bonchev–Trinajstić information content (AvgIpc) is 2.78. The van der Waals surface area contributed by atoms with E-state index in [0.717, 1.165) is 16.8 Å². The minimum atomic E-state index is -3.19. The summed E-state index contributed by atoms with van der Waals surface area (Å²) < 4.78 is 53.6. The number of anilines is 2. The Morgan fingerprint density at radius 3 is 2.66 bits per heavy atom. The lowest BCUT2D eigenvalue weighted by atomic mass is 10.0. The topological polar surface area (TPSA) is 83.1 Å². The van der Waals surface area contributed by atoms with Gasteiger partial charge in [0.2, 0.25) is 10.0 Å². The number of aromatic nitrogens is 1. The molecule has 1 amide bonds. The number of ether oxygens (including phenoxy) is 1. The number of carbonyl (C=O) groups is 1. The van der Waals surface area contributed by atoms with Crippen molar-refractivity contribution in [3.8, 4) is 11.1 Å². The fraction of sp³-hybridized carbons (Fsp3) is 0.400. The van der Waals surface area contributed by atoms with Gasteiger partial charge in [-0.05, 0) is 30.7 Å². The van der Waals surface area contributed by atoms with Crippen molar-refractivity contribution in [2.75, 3.05) is 48.7 Å². The van der Waals surface area contributed by atoms with Crippen molar-refractivity contribution < 1.29 is 22.1 Å². The summed E-state index contributed by atoms with van der Waals surface area (Å²) in [7, 11) is -3.19. The SMILES string of the molecule is [2H]C([2H])([2H])N1C(=O)OCc2cc(-c3cncc(N4CCN(S(=O)(=O)CC)CC4)c3)ccc21. The number of hydrogen-bond acceptors (Lipinski definition) is 6. The molecule has 8 nitrogen and oxygen atoms in total. The first-order chi connectivity index (χ1) is 15.1. The van der Waals surface area contributed by atoms with Crippen LogP contribution in [-0.2, 0) is 21.4 Å². The molecular weight excluding hydrogens is 392 g/mol. The lowest BCUT2D eigenvalue weighted by Crippen LogP contribution is -2.49. The summed E-state index contributed by atoms with van der Waals surface area (Å²) in [5.74, 6) is 0.0941. The molecule has 2 aromatic rings. The number of pyridine rings is 1. The van der Waals surface area contributed by atoms with E-state index >= 15 is 0 Å². The summed E-state index contributed by atoms with van der Waals surface area (Å²) in [6.07, 6.45) is 2.56. The molecule has 2 aliphatic rings. The Labute approximate surface area is 175 Å². The molecule has 0 aliphatic carbocycles. The second-order valence-electron chi connectivity index (χ2n) is 6.95. The molecule has 0 unspecified atom stereocenters. The highest BCUT2D eigenvalue weighted by molar-refractivity contribution is 7.89. The van der Waals surface area contributed by atoms with Gasteiger partial charge in [-0.3, -0.25) is 9.88 Å². The van der Waals surface area contributed by atoms with Crippen molar-refractivity contribution in [3.63, 3.8) is 0 Å². The summed E-state index contributed by atoms with van der Waals surface area (Å²) in [6, 6.07) is 7.13. The van der Waals surface area contributed by atoms with Crippen LogP contribution in [0, 0.1) is 0 Å². The largest absolute Gasteiger partial charge is 0.444 e. The lowest BCUT2D eigenvalue weighted by Gasteiger charge is -2.35. The van der Waals surface area contributed by atoms with Crippen LogP contribution >= 0.6 is 0 Å². The first-order valence-electron chi connectivity index (χ1n) is 10.9. The molecule has 0 atom stereocenters. The molecule has 1 aromatic carbocycles. The number of sulfonamides is 1. The number of nitrogens with zero attached hydrogens (tertiary/aromatic N) is 4. The number of hydrogen-bond donors (Lipinski definition) is 0. The first-order valence-corrected chi connectivity index (χ1v) is 11.0. The molecule has 0 saturated carbocycles. The zero-order chi connectivity index (χ0) is 23.1. The van der Waals surface area contributed by atoms with Crippen LogP contribution in [0.4, 0.5) is 16.2 Å². The summed E-state index contributed by atoms with van der Waals surface area (Å²) >= 11 is 0. The molecule has 154 valence electrons. The van der Waals surface area contributed by atoms with Crippen molar-refractivity contribution in [2.45, 2.75) is 13.5 Å². The number of benzene rings is 1. The van der Waals surface area contributed by atoms with Crippen LogP contribution in [0.2, 0.25) is 0 Å². The highest BCUT2D eigenvalue weighted by atomic mass is 32.2.